The average molecular weight is 323 g/mol. The molecule has 2 amide bonds. The minimum Gasteiger partial charge on any atom is -0.341 e. The smallest absolute Gasteiger partial charge is 0.233 e. The third kappa shape index (κ3) is 3.30. The van der Waals surface area contributed by atoms with Gasteiger partial charge in [0.2, 0.25) is 11.8 Å². The molecule has 0 N–H and O–H groups in total. The number of hydrogen-bond donors (Lipinski definition) is 0. The van der Waals surface area contributed by atoms with Crippen molar-refractivity contribution in [1.82, 2.24) is 14.8 Å². The lowest BCUT2D eigenvalue weighted by molar-refractivity contribution is -0.135. The molecule has 0 saturated carbocycles. The fourth-order valence-electron chi connectivity index (χ4n) is 3.11. The lowest BCUT2D eigenvalue weighted by Gasteiger charge is -2.34. The van der Waals surface area contributed by atoms with E-state index in [1.165, 1.54) is 6.92 Å². The van der Waals surface area contributed by atoms with Crippen molar-refractivity contribution < 1.29 is 9.59 Å². The summed E-state index contributed by atoms with van der Waals surface area (Å²) < 4.78 is 0. The van der Waals surface area contributed by atoms with E-state index in [2.05, 4.69) is 4.98 Å². The number of likely N-dealkylation sites (N-methyl/N-ethyl adjacent to an activating group) is 1. The van der Waals surface area contributed by atoms with Gasteiger partial charge in [-0.3, -0.25) is 14.6 Å². The Labute approximate surface area is 141 Å². The molecule has 124 valence electrons. The first-order valence-corrected chi connectivity index (χ1v) is 8.04. The molecule has 1 aromatic carbocycles. The molecule has 0 fully saturated rings. The predicted molar refractivity (Wildman–Crippen MR) is 91.0 cm³/mol. The number of carbonyl (C=O) groups is 2. The average Bonchev–Trinajstić information content (AvgIpc) is 2.60. The summed E-state index contributed by atoms with van der Waals surface area (Å²) in [6.45, 7) is 2.98. The highest BCUT2D eigenvalue weighted by Gasteiger charge is 2.34. The molecule has 1 unspecified atom stereocenters. The molecule has 24 heavy (non-hydrogen) atoms. The van der Waals surface area contributed by atoms with Crippen LogP contribution in [-0.4, -0.2) is 40.2 Å². The van der Waals surface area contributed by atoms with Crippen LogP contribution in [0.4, 0.5) is 0 Å². The Balaban J connectivity index is 1.83. The van der Waals surface area contributed by atoms with Crippen LogP contribution in [0.15, 0.2) is 48.7 Å². The van der Waals surface area contributed by atoms with Crippen LogP contribution in [0, 0.1) is 0 Å². The minimum absolute atomic E-state index is 0.00949. The zero-order valence-corrected chi connectivity index (χ0v) is 14.0. The lowest BCUT2D eigenvalue weighted by atomic mass is 9.93. The van der Waals surface area contributed by atoms with E-state index in [1.807, 2.05) is 42.5 Å². The van der Waals surface area contributed by atoms with Crippen LogP contribution in [0.3, 0.4) is 0 Å². The van der Waals surface area contributed by atoms with Gasteiger partial charge in [-0.05, 0) is 17.2 Å². The third-order valence-corrected chi connectivity index (χ3v) is 4.40. The second kappa shape index (κ2) is 6.83. The summed E-state index contributed by atoms with van der Waals surface area (Å²) in [6, 6.07) is 13.7. The van der Waals surface area contributed by atoms with E-state index in [0.717, 1.165) is 16.8 Å². The molecule has 2 heterocycles. The van der Waals surface area contributed by atoms with Crippen LogP contribution in [0.2, 0.25) is 0 Å². The van der Waals surface area contributed by atoms with E-state index in [1.54, 1.807) is 23.0 Å². The largest absolute Gasteiger partial charge is 0.341 e. The van der Waals surface area contributed by atoms with E-state index in [4.69, 9.17) is 0 Å². The Morgan fingerprint density at radius 2 is 1.96 bits per heavy atom. The highest BCUT2D eigenvalue weighted by molar-refractivity contribution is 5.85. The topological polar surface area (TPSA) is 53.5 Å². The molecule has 1 aliphatic heterocycles. The van der Waals surface area contributed by atoms with E-state index < -0.39 is 5.92 Å². The van der Waals surface area contributed by atoms with Crippen molar-refractivity contribution in [2.45, 2.75) is 25.9 Å². The Hall–Kier alpha value is -2.69. The first-order valence-electron chi connectivity index (χ1n) is 8.04. The van der Waals surface area contributed by atoms with E-state index in [0.29, 0.717) is 19.6 Å². The Bertz CT molecular complexity index is 745. The molecule has 1 aliphatic rings. The fourth-order valence-corrected chi connectivity index (χ4v) is 3.11. The van der Waals surface area contributed by atoms with E-state index in [-0.39, 0.29) is 11.8 Å². The highest BCUT2D eigenvalue weighted by Crippen LogP contribution is 2.28. The van der Waals surface area contributed by atoms with E-state index in [9.17, 15) is 9.59 Å². The molecule has 2 aromatic rings. The SMILES string of the molecule is CC(=O)N1Cc2cccnc2C(C(=O)N(C)Cc2ccccc2)C1. The second-order valence-electron chi connectivity index (χ2n) is 6.18. The zero-order valence-electron chi connectivity index (χ0n) is 14.0. The standard InChI is InChI=1S/C19H21N3O2/c1-14(23)22-12-16-9-6-10-20-18(16)17(13-22)19(24)21(2)11-15-7-4-3-5-8-15/h3-10,17H,11-13H2,1-2H3. The van der Waals surface area contributed by atoms with Gasteiger partial charge in [0, 0.05) is 39.8 Å². The molecule has 0 bridgehead atoms. The van der Waals surface area contributed by atoms with Crippen LogP contribution < -0.4 is 0 Å². The number of amides is 2. The summed E-state index contributed by atoms with van der Waals surface area (Å²) in [6.07, 6.45) is 1.71. The maximum Gasteiger partial charge on any atom is 0.233 e. The Morgan fingerprint density at radius 1 is 1.21 bits per heavy atom. The number of benzene rings is 1. The molecule has 1 aromatic heterocycles. The van der Waals surface area contributed by atoms with Gasteiger partial charge in [0.1, 0.15) is 0 Å². The maximum atomic E-state index is 13.0. The van der Waals surface area contributed by atoms with Crippen molar-refractivity contribution in [2.24, 2.45) is 0 Å². The molecular formula is C19H21N3O2. The quantitative estimate of drug-likeness (QED) is 0.870. The van der Waals surface area contributed by atoms with Gasteiger partial charge in [0.25, 0.3) is 0 Å². The molecule has 0 spiro atoms. The van der Waals surface area contributed by atoms with Crippen molar-refractivity contribution in [3.05, 3.63) is 65.5 Å². The normalized spacial score (nSPS) is 16.4. The summed E-state index contributed by atoms with van der Waals surface area (Å²) in [5, 5.41) is 0. The van der Waals surface area contributed by atoms with Gasteiger partial charge in [0.15, 0.2) is 0 Å². The number of nitrogens with zero attached hydrogens (tertiary/aromatic N) is 3. The van der Waals surface area contributed by atoms with E-state index >= 15 is 0 Å². The van der Waals surface area contributed by atoms with Crippen LogP contribution in [-0.2, 0) is 22.7 Å². The number of fused-ring (bicyclic) bond motifs is 1. The van der Waals surface area contributed by atoms with Gasteiger partial charge >= 0.3 is 0 Å². The molecule has 5 heteroatoms. The predicted octanol–water partition coefficient (Wildman–Crippen LogP) is 2.19. The molecule has 0 radical (unpaired) electrons. The number of hydrogen-bond acceptors (Lipinski definition) is 3. The van der Waals surface area contributed by atoms with Crippen LogP contribution in [0.1, 0.15) is 29.7 Å². The number of aromatic nitrogens is 1. The lowest BCUT2D eigenvalue weighted by Crippen LogP contribution is -2.43. The van der Waals surface area contributed by atoms with Crippen molar-refractivity contribution >= 4 is 11.8 Å². The van der Waals surface area contributed by atoms with Crippen LogP contribution >= 0.6 is 0 Å². The molecule has 5 nitrogen and oxygen atoms in total. The van der Waals surface area contributed by atoms with Crippen LogP contribution in [0.5, 0.6) is 0 Å². The Morgan fingerprint density at radius 3 is 2.67 bits per heavy atom. The van der Waals surface area contributed by atoms with Crippen molar-refractivity contribution in [1.29, 1.82) is 0 Å². The molecule has 0 saturated heterocycles. The van der Waals surface area contributed by atoms with Gasteiger partial charge in [0.05, 0.1) is 11.6 Å². The summed E-state index contributed by atoms with van der Waals surface area (Å²) in [4.78, 5) is 32.6. The molecule has 0 aliphatic carbocycles. The number of rotatable bonds is 3. The molecular weight excluding hydrogens is 302 g/mol. The van der Waals surface area contributed by atoms with Gasteiger partial charge in [-0.1, -0.05) is 36.4 Å². The van der Waals surface area contributed by atoms with Gasteiger partial charge in [-0.2, -0.15) is 0 Å². The zero-order chi connectivity index (χ0) is 17.1. The minimum atomic E-state index is -0.410. The Kier molecular flexibility index (Phi) is 4.60. The van der Waals surface area contributed by atoms with Gasteiger partial charge < -0.3 is 9.80 Å². The molecule has 1 atom stereocenters. The summed E-state index contributed by atoms with van der Waals surface area (Å²) >= 11 is 0. The fraction of sp³-hybridized carbons (Fsp3) is 0.316. The van der Waals surface area contributed by atoms with Gasteiger partial charge in [-0.15, -0.1) is 0 Å². The highest BCUT2D eigenvalue weighted by atomic mass is 16.2. The summed E-state index contributed by atoms with van der Waals surface area (Å²) in [7, 11) is 1.80. The van der Waals surface area contributed by atoms with Gasteiger partial charge in [-0.25, -0.2) is 0 Å². The van der Waals surface area contributed by atoms with Crippen molar-refractivity contribution in [2.75, 3.05) is 13.6 Å². The van der Waals surface area contributed by atoms with Crippen molar-refractivity contribution in [3.8, 4) is 0 Å². The molecule has 3 rings (SSSR count). The third-order valence-electron chi connectivity index (χ3n) is 4.40. The monoisotopic (exact) mass is 323 g/mol. The summed E-state index contributed by atoms with van der Waals surface area (Å²) in [5.74, 6) is -0.440. The first kappa shape index (κ1) is 16.2. The first-order chi connectivity index (χ1) is 11.6. The van der Waals surface area contributed by atoms with Crippen molar-refractivity contribution in [3.63, 3.8) is 0 Å². The summed E-state index contributed by atoms with van der Waals surface area (Å²) in [5.41, 5.74) is 2.82. The van der Waals surface area contributed by atoms with Crippen LogP contribution in [0.25, 0.3) is 0 Å². The maximum absolute atomic E-state index is 13.0. The number of pyridine rings is 1. The number of carbonyl (C=O) groups excluding carboxylic acids is 2. The second-order valence-corrected chi connectivity index (χ2v) is 6.18.